The van der Waals surface area contributed by atoms with Crippen LogP contribution in [-0.2, 0) is 0 Å². The zero-order chi connectivity index (χ0) is 12.9. The predicted molar refractivity (Wildman–Crippen MR) is 78.8 cm³/mol. The van der Waals surface area contributed by atoms with E-state index in [4.69, 9.17) is 0 Å². The molecule has 0 aliphatic carbocycles. The number of rotatable bonds is 4. The number of benzene rings is 2. The lowest BCUT2D eigenvalue weighted by atomic mass is 10.2. The maximum atomic E-state index is 3.34. The standard InChI is InChI=1S/C16H15N3/c1-3-9-15(10-4-1)19(16-11-5-2-6-12-16)17-18-13-7-8-14-18/h1-14,17H. The molecule has 3 nitrogen and oxygen atoms in total. The summed E-state index contributed by atoms with van der Waals surface area (Å²) in [6.07, 6.45) is 3.94. The molecule has 0 saturated carbocycles. The minimum atomic E-state index is 1.09. The number of hydrazine groups is 1. The second kappa shape index (κ2) is 5.31. The van der Waals surface area contributed by atoms with Crippen LogP contribution in [-0.4, -0.2) is 4.68 Å². The summed E-state index contributed by atoms with van der Waals surface area (Å²) in [4.78, 5) is 0. The van der Waals surface area contributed by atoms with Gasteiger partial charge in [0, 0.05) is 12.4 Å². The van der Waals surface area contributed by atoms with Crippen LogP contribution in [0.25, 0.3) is 0 Å². The first kappa shape index (κ1) is 11.4. The Hall–Kier alpha value is -2.68. The Kier molecular flexibility index (Phi) is 3.19. The van der Waals surface area contributed by atoms with Crippen LogP contribution in [0.5, 0.6) is 0 Å². The Morgan fingerprint density at radius 3 is 1.58 bits per heavy atom. The summed E-state index contributed by atoms with van der Waals surface area (Å²) >= 11 is 0. The van der Waals surface area contributed by atoms with E-state index in [0.717, 1.165) is 11.4 Å². The fourth-order valence-electron chi connectivity index (χ4n) is 1.94. The van der Waals surface area contributed by atoms with E-state index in [-0.39, 0.29) is 0 Å². The molecule has 3 heteroatoms. The number of para-hydroxylation sites is 2. The third kappa shape index (κ3) is 2.60. The van der Waals surface area contributed by atoms with Gasteiger partial charge in [0.1, 0.15) is 0 Å². The van der Waals surface area contributed by atoms with Gasteiger partial charge < -0.3 is 0 Å². The number of aromatic nitrogens is 1. The van der Waals surface area contributed by atoms with E-state index >= 15 is 0 Å². The van der Waals surface area contributed by atoms with Gasteiger partial charge in [0.05, 0.1) is 11.4 Å². The average Bonchev–Trinajstić information content (AvgIpc) is 3.00. The highest BCUT2D eigenvalue weighted by Crippen LogP contribution is 2.23. The third-order valence-electron chi connectivity index (χ3n) is 2.85. The van der Waals surface area contributed by atoms with E-state index in [2.05, 4.69) is 29.8 Å². The predicted octanol–water partition coefficient (Wildman–Crippen LogP) is 3.78. The Balaban J connectivity index is 1.96. The molecule has 2 aromatic carbocycles. The monoisotopic (exact) mass is 249 g/mol. The minimum Gasteiger partial charge on any atom is -0.256 e. The van der Waals surface area contributed by atoms with Crippen LogP contribution in [0.4, 0.5) is 11.4 Å². The molecule has 1 heterocycles. The topological polar surface area (TPSA) is 20.2 Å². The molecule has 1 aromatic heterocycles. The minimum absolute atomic E-state index is 1.09. The number of hydrogen-bond donors (Lipinski definition) is 1. The van der Waals surface area contributed by atoms with E-state index in [1.54, 1.807) is 0 Å². The van der Waals surface area contributed by atoms with Crippen molar-refractivity contribution < 1.29 is 0 Å². The van der Waals surface area contributed by atoms with E-state index in [1.165, 1.54) is 0 Å². The molecular weight excluding hydrogens is 234 g/mol. The van der Waals surface area contributed by atoms with Crippen LogP contribution in [0.1, 0.15) is 0 Å². The van der Waals surface area contributed by atoms with Crippen LogP contribution in [0, 0.1) is 0 Å². The summed E-state index contributed by atoms with van der Waals surface area (Å²) in [7, 11) is 0. The molecule has 0 unspecified atom stereocenters. The highest BCUT2D eigenvalue weighted by Gasteiger charge is 2.07. The molecule has 19 heavy (non-hydrogen) atoms. The van der Waals surface area contributed by atoms with Gasteiger partial charge in [0.2, 0.25) is 0 Å². The zero-order valence-electron chi connectivity index (χ0n) is 10.5. The van der Waals surface area contributed by atoms with E-state index in [9.17, 15) is 0 Å². The summed E-state index contributed by atoms with van der Waals surface area (Å²) in [5, 5.41) is 2.04. The van der Waals surface area contributed by atoms with Crippen LogP contribution < -0.4 is 10.5 Å². The quantitative estimate of drug-likeness (QED) is 0.710. The molecule has 3 aromatic rings. The number of hydrogen-bond acceptors (Lipinski definition) is 2. The Labute approximate surface area is 112 Å². The van der Waals surface area contributed by atoms with E-state index in [1.807, 2.05) is 70.6 Å². The lowest BCUT2D eigenvalue weighted by Crippen LogP contribution is -2.31. The van der Waals surface area contributed by atoms with Crippen LogP contribution >= 0.6 is 0 Å². The Morgan fingerprint density at radius 2 is 1.11 bits per heavy atom. The van der Waals surface area contributed by atoms with Crippen molar-refractivity contribution in [3.8, 4) is 0 Å². The van der Waals surface area contributed by atoms with Gasteiger partial charge in [0.25, 0.3) is 0 Å². The fraction of sp³-hybridized carbons (Fsp3) is 0. The molecule has 0 aliphatic rings. The van der Waals surface area contributed by atoms with E-state index in [0.29, 0.717) is 0 Å². The van der Waals surface area contributed by atoms with Crippen molar-refractivity contribution in [1.29, 1.82) is 0 Å². The maximum Gasteiger partial charge on any atom is 0.0645 e. The number of nitrogens with zero attached hydrogens (tertiary/aromatic N) is 2. The molecule has 0 radical (unpaired) electrons. The van der Waals surface area contributed by atoms with Crippen LogP contribution in [0.3, 0.4) is 0 Å². The van der Waals surface area contributed by atoms with Crippen LogP contribution in [0.2, 0.25) is 0 Å². The van der Waals surface area contributed by atoms with Crippen molar-refractivity contribution in [2.45, 2.75) is 0 Å². The van der Waals surface area contributed by atoms with Crippen molar-refractivity contribution in [2.75, 3.05) is 10.5 Å². The normalized spacial score (nSPS) is 10.1. The van der Waals surface area contributed by atoms with Gasteiger partial charge in [-0.1, -0.05) is 36.4 Å². The Bertz CT molecular complexity index is 564. The summed E-state index contributed by atoms with van der Waals surface area (Å²) in [5.74, 6) is 0. The van der Waals surface area contributed by atoms with Crippen molar-refractivity contribution in [2.24, 2.45) is 0 Å². The second-order valence-corrected chi connectivity index (χ2v) is 4.20. The molecule has 0 spiro atoms. The molecule has 0 bridgehead atoms. The first-order valence-corrected chi connectivity index (χ1v) is 6.23. The first-order chi connectivity index (χ1) is 9.43. The molecule has 0 saturated heterocycles. The highest BCUT2D eigenvalue weighted by molar-refractivity contribution is 5.63. The van der Waals surface area contributed by atoms with Gasteiger partial charge in [-0.25, -0.2) is 10.5 Å². The van der Waals surface area contributed by atoms with Crippen LogP contribution in [0.15, 0.2) is 85.2 Å². The van der Waals surface area contributed by atoms with Gasteiger partial charge in [0.15, 0.2) is 0 Å². The molecule has 3 rings (SSSR count). The fourth-order valence-corrected chi connectivity index (χ4v) is 1.94. The highest BCUT2D eigenvalue weighted by atomic mass is 15.7. The third-order valence-corrected chi connectivity index (χ3v) is 2.85. The van der Waals surface area contributed by atoms with Gasteiger partial charge in [-0.05, 0) is 36.4 Å². The smallest absolute Gasteiger partial charge is 0.0645 e. The molecule has 0 atom stereocenters. The molecule has 94 valence electrons. The summed E-state index contributed by atoms with van der Waals surface area (Å²) in [6, 6.07) is 24.4. The Morgan fingerprint density at radius 1 is 0.632 bits per heavy atom. The maximum absolute atomic E-state index is 3.34. The van der Waals surface area contributed by atoms with Gasteiger partial charge in [-0.2, -0.15) is 0 Å². The molecule has 0 fully saturated rings. The van der Waals surface area contributed by atoms with Gasteiger partial charge in [-0.15, -0.1) is 0 Å². The lowest BCUT2D eigenvalue weighted by molar-refractivity contribution is 0.856. The average molecular weight is 249 g/mol. The van der Waals surface area contributed by atoms with E-state index < -0.39 is 0 Å². The first-order valence-electron chi connectivity index (χ1n) is 6.23. The van der Waals surface area contributed by atoms with Gasteiger partial charge in [-0.3, -0.25) is 4.68 Å². The van der Waals surface area contributed by atoms with Crippen molar-refractivity contribution >= 4 is 11.4 Å². The SMILES string of the molecule is c1ccc(N(Nn2cccc2)c2ccccc2)cc1. The van der Waals surface area contributed by atoms with Crippen molar-refractivity contribution in [3.63, 3.8) is 0 Å². The summed E-state index contributed by atoms with van der Waals surface area (Å²) < 4.78 is 1.92. The number of anilines is 2. The molecule has 1 N–H and O–H groups in total. The van der Waals surface area contributed by atoms with Gasteiger partial charge >= 0.3 is 0 Å². The molecule has 0 aliphatic heterocycles. The summed E-state index contributed by atoms with van der Waals surface area (Å²) in [6.45, 7) is 0. The van der Waals surface area contributed by atoms with Crippen molar-refractivity contribution in [1.82, 2.24) is 4.68 Å². The zero-order valence-corrected chi connectivity index (χ0v) is 10.5. The summed E-state index contributed by atoms with van der Waals surface area (Å²) in [5.41, 5.74) is 5.51. The number of nitrogens with one attached hydrogen (secondary N) is 1. The largest absolute Gasteiger partial charge is 0.256 e. The second-order valence-electron chi connectivity index (χ2n) is 4.20. The van der Waals surface area contributed by atoms with Crippen molar-refractivity contribution in [3.05, 3.63) is 85.2 Å². The lowest BCUT2D eigenvalue weighted by Gasteiger charge is -2.26. The molecular formula is C16H15N3. The molecule has 0 amide bonds.